The minimum atomic E-state index is -1.66. The number of rotatable bonds is 2. The number of Topliss-reactive ketones (excluding diaryl/α,β-unsaturated/α-hetero) is 2. The van der Waals surface area contributed by atoms with Crippen molar-refractivity contribution in [2.45, 2.75) is 51.6 Å². The number of carbonyl (C=O) groups excluding carboxylic acids is 3. The van der Waals surface area contributed by atoms with Gasteiger partial charge in [0.1, 0.15) is 18.0 Å². The number of halogens is 1. The molecule has 0 aromatic carbocycles. The lowest BCUT2D eigenvalue weighted by Gasteiger charge is -2.57. The number of fused-ring (bicyclic) bond motifs is 5. The Kier molecular flexibility index (Phi) is 4.12. The molecule has 4 aliphatic rings. The van der Waals surface area contributed by atoms with Gasteiger partial charge in [-0.15, -0.1) is 0 Å². The van der Waals surface area contributed by atoms with Gasteiger partial charge in [0.05, 0.1) is 0 Å². The van der Waals surface area contributed by atoms with Crippen LogP contribution >= 0.6 is 11.6 Å². The molecule has 4 aliphatic carbocycles. The first-order valence-electron chi connectivity index (χ1n) is 9.61. The van der Waals surface area contributed by atoms with E-state index in [1.165, 1.54) is 6.08 Å². The molecular formula is C21H25ClO5. The average molecular weight is 393 g/mol. The zero-order valence-electron chi connectivity index (χ0n) is 15.6. The van der Waals surface area contributed by atoms with Gasteiger partial charge < -0.3 is 10.2 Å². The normalized spacial score (nSPS) is 46.2. The molecule has 0 spiro atoms. The summed E-state index contributed by atoms with van der Waals surface area (Å²) < 4.78 is 0. The summed E-state index contributed by atoms with van der Waals surface area (Å²) in [6.07, 6.45) is 5.44. The monoisotopic (exact) mass is 392 g/mol. The summed E-state index contributed by atoms with van der Waals surface area (Å²) in [6.45, 7) is 3.05. The number of ketones is 3. The van der Waals surface area contributed by atoms with Crippen molar-refractivity contribution in [3.63, 3.8) is 0 Å². The van der Waals surface area contributed by atoms with E-state index < -0.39 is 28.8 Å². The van der Waals surface area contributed by atoms with Crippen molar-refractivity contribution in [1.29, 1.82) is 0 Å². The maximum atomic E-state index is 13.4. The number of hydrogen-bond acceptors (Lipinski definition) is 5. The van der Waals surface area contributed by atoms with Crippen LogP contribution in [0.1, 0.15) is 46.0 Å². The third-order valence-electron chi connectivity index (χ3n) is 8.14. The van der Waals surface area contributed by atoms with Crippen LogP contribution in [0.3, 0.4) is 0 Å². The van der Waals surface area contributed by atoms with E-state index in [4.69, 9.17) is 11.6 Å². The molecular weight excluding hydrogens is 368 g/mol. The first-order valence-corrected chi connectivity index (χ1v) is 9.99. The Morgan fingerprint density at radius 3 is 2.63 bits per heavy atom. The molecule has 2 N–H and O–H groups in total. The van der Waals surface area contributed by atoms with Gasteiger partial charge in [0.25, 0.3) is 0 Å². The minimum Gasteiger partial charge on any atom is -0.388 e. The molecule has 0 aliphatic heterocycles. The summed E-state index contributed by atoms with van der Waals surface area (Å²) in [6, 6.07) is 0. The van der Waals surface area contributed by atoms with Crippen LogP contribution in [0.25, 0.3) is 0 Å². The van der Waals surface area contributed by atoms with Gasteiger partial charge in [-0.25, -0.2) is 0 Å². The summed E-state index contributed by atoms with van der Waals surface area (Å²) >= 11 is 6.53. The fourth-order valence-electron chi connectivity index (χ4n) is 6.68. The van der Waals surface area contributed by atoms with Crippen molar-refractivity contribution < 1.29 is 24.6 Å². The molecule has 0 saturated heterocycles. The molecule has 4 rings (SSSR count). The summed E-state index contributed by atoms with van der Waals surface area (Å²) in [4.78, 5) is 37.7. The molecule has 0 aromatic rings. The molecule has 3 fully saturated rings. The first kappa shape index (κ1) is 19.0. The lowest BCUT2D eigenvalue weighted by Crippen LogP contribution is -2.61. The van der Waals surface area contributed by atoms with E-state index in [1.54, 1.807) is 6.08 Å². The van der Waals surface area contributed by atoms with Gasteiger partial charge in [0, 0.05) is 34.3 Å². The zero-order valence-corrected chi connectivity index (χ0v) is 16.4. The SMILES string of the molecule is C[C@]12C(Cl)=CC(=O)C=C1CC[C@@H]1[C@@H]2C(=O)C[C@@]2(C)[C@H]1CC[C@]2(O)C(=O)CO. The van der Waals surface area contributed by atoms with Crippen LogP contribution in [0.15, 0.2) is 22.8 Å². The van der Waals surface area contributed by atoms with Crippen LogP contribution in [0.5, 0.6) is 0 Å². The Morgan fingerprint density at radius 2 is 1.96 bits per heavy atom. The van der Waals surface area contributed by atoms with Crippen molar-refractivity contribution in [1.82, 2.24) is 0 Å². The van der Waals surface area contributed by atoms with Gasteiger partial charge in [-0.05, 0) is 43.6 Å². The van der Waals surface area contributed by atoms with E-state index in [1.807, 2.05) is 13.8 Å². The van der Waals surface area contributed by atoms with E-state index in [0.29, 0.717) is 17.9 Å². The van der Waals surface area contributed by atoms with Gasteiger partial charge in [0.15, 0.2) is 11.6 Å². The summed E-state index contributed by atoms with van der Waals surface area (Å²) in [5, 5.41) is 20.9. The highest BCUT2D eigenvalue weighted by molar-refractivity contribution is 6.33. The molecule has 0 heterocycles. The van der Waals surface area contributed by atoms with Crippen molar-refractivity contribution in [3.8, 4) is 0 Å². The predicted molar refractivity (Wildman–Crippen MR) is 98.8 cm³/mol. The van der Waals surface area contributed by atoms with Crippen molar-refractivity contribution in [2.75, 3.05) is 6.61 Å². The van der Waals surface area contributed by atoms with E-state index in [2.05, 4.69) is 0 Å². The molecule has 146 valence electrons. The second-order valence-corrected chi connectivity index (χ2v) is 9.50. The minimum absolute atomic E-state index is 0.00108. The van der Waals surface area contributed by atoms with Crippen LogP contribution < -0.4 is 0 Å². The number of hydrogen-bond donors (Lipinski definition) is 2. The van der Waals surface area contributed by atoms with Crippen LogP contribution in [0.2, 0.25) is 0 Å². The van der Waals surface area contributed by atoms with Crippen molar-refractivity contribution >= 4 is 29.0 Å². The fraction of sp³-hybridized carbons (Fsp3) is 0.667. The van der Waals surface area contributed by atoms with E-state index in [0.717, 1.165) is 12.0 Å². The Hall–Kier alpha value is -1.30. The second-order valence-electron chi connectivity index (χ2n) is 9.09. The maximum absolute atomic E-state index is 13.4. The van der Waals surface area contributed by atoms with E-state index in [-0.39, 0.29) is 42.2 Å². The highest BCUT2D eigenvalue weighted by atomic mass is 35.5. The topological polar surface area (TPSA) is 91.7 Å². The van der Waals surface area contributed by atoms with Gasteiger partial charge in [-0.2, -0.15) is 0 Å². The first-order chi connectivity index (χ1) is 12.6. The third-order valence-corrected chi connectivity index (χ3v) is 8.64. The zero-order chi connectivity index (χ0) is 19.8. The largest absolute Gasteiger partial charge is 0.388 e. The molecule has 3 saturated carbocycles. The molecule has 0 bridgehead atoms. The van der Waals surface area contributed by atoms with Crippen molar-refractivity contribution in [2.24, 2.45) is 28.6 Å². The fourth-order valence-corrected chi connectivity index (χ4v) is 7.03. The summed E-state index contributed by atoms with van der Waals surface area (Å²) in [5.74, 6) is -1.10. The summed E-state index contributed by atoms with van der Waals surface area (Å²) in [5.41, 5.74) is -2.30. The van der Waals surface area contributed by atoms with Crippen molar-refractivity contribution in [3.05, 3.63) is 22.8 Å². The third kappa shape index (κ3) is 2.22. The van der Waals surface area contributed by atoms with Crippen LogP contribution in [-0.4, -0.2) is 39.8 Å². The molecule has 6 atom stereocenters. The highest BCUT2D eigenvalue weighted by Gasteiger charge is 2.68. The number of allylic oxidation sites excluding steroid dienone is 4. The van der Waals surface area contributed by atoms with Gasteiger partial charge >= 0.3 is 0 Å². The molecule has 6 heteroatoms. The quantitative estimate of drug-likeness (QED) is 0.752. The Bertz CT molecular complexity index is 813. The Balaban J connectivity index is 1.79. The molecule has 0 amide bonds. The van der Waals surface area contributed by atoms with Gasteiger partial charge in [-0.3, -0.25) is 14.4 Å². The molecule has 0 radical (unpaired) electrons. The smallest absolute Gasteiger partial charge is 0.190 e. The predicted octanol–water partition coefficient (Wildman–Crippen LogP) is 2.33. The molecule has 0 aromatic heterocycles. The summed E-state index contributed by atoms with van der Waals surface area (Å²) in [7, 11) is 0. The second kappa shape index (κ2) is 5.85. The maximum Gasteiger partial charge on any atom is 0.190 e. The average Bonchev–Trinajstić information content (AvgIpc) is 2.87. The number of carbonyl (C=O) groups is 3. The standard InChI is InChI=1S/C21H25ClO5/c1-19-9-15(25)18-13(14(19)5-6-21(19,27)17(26)10-23)4-3-11-7-12(24)8-16(22)20(11,18)2/h7-8,13-14,18,23,27H,3-6,9-10H2,1-2H3/t13-,14-,18+,19-,20+,21-/m0/s1. The molecule has 27 heavy (non-hydrogen) atoms. The van der Waals surface area contributed by atoms with Crippen LogP contribution in [-0.2, 0) is 14.4 Å². The Labute approximate surface area is 163 Å². The highest BCUT2D eigenvalue weighted by Crippen LogP contribution is 2.67. The lowest BCUT2D eigenvalue weighted by molar-refractivity contribution is -0.168. The molecule has 5 nitrogen and oxygen atoms in total. The Morgan fingerprint density at radius 1 is 1.26 bits per heavy atom. The lowest BCUT2D eigenvalue weighted by atomic mass is 9.46. The van der Waals surface area contributed by atoms with E-state index in [9.17, 15) is 24.6 Å². The van der Waals surface area contributed by atoms with Crippen LogP contribution in [0, 0.1) is 28.6 Å². The van der Waals surface area contributed by atoms with Gasteiger partial charge in [0.2, 0.25) is 0 Å². The molecule has 0 unspecified atom stereocenters. The van der Waals surface area contributed by atoms with E-state index >= 15 is 0 Å². The number of aliphatic hydroxyl groups excluding tert-OH is 1. The van der Waals surface area contributed by atoms with Gasteiger partial charge in [-0.1, -0.05) is 31.0 Å². The van der Waals surface area contributed by atoms with Crippen LogP contribution in [0.4, 0.5) is 0 Å². The number of aliphatic hydroxyl groups is 2.